The molecule has 0 aromatic heterocycles. The van der Waals surface area contributed by atoms with Gasteiger partial charge in [0.1, 0.15) is 0 Å². The van der Waals surface area contributed by atoms with Crippen LogP contribution in [-0.4, -0.2) is 54.8 Å². The minimum absolute atomic E-state index is 0.731. The molecule has 0 aromatic rings. The van der Waals surface area contributed by atoms with Crippen molar-refractivity contribution in [3.05, 3.63) is 0 Å². The molecule has 0 saturated carbocycles. The van der Waals surface area contributed by atoms with Crippen LogP contribution in [0, 0.1) is 0 Å². The second-order valence-electron chi connectivity index (χ2n) is 3.15. The summed E-state index contributed by atoms with van der Waals surface area (Å²) < 4.78 is 0. The zero-order valence-corrected chi connectivity index (χ0v) is 6.04. The average Bonchev–Trinajstić information content (AvgIpc) is 2.08. The molecular weight excluding hydrogens is 114 g/mol. The Balaban J connectivity index is 2.00. The van der Waals surface area contributed by atoms with Crippen LogP contribution in [0.3, 0.4) is 0 Å². The van der Waals surface area contributed by atoms with Crippen LogP contribution in [0.1, 0.15) is 0 Å². The van der Waals surface area contributed by atoms with E-state index in [4.69, 9.17) is 0 Å². The SMILES string of the molecule is CN1CC2N(C)CN2C1. The first kappa shape index (κ1) is 5.65. The smallest absolute Gasteiger partial charge is 0.0783 e. The second kappa shape index (κ2) is 1.68. The van der Waals surface area contributed by atoms with Gasteiger partial charge in [-0.15, -0.1) is 0 Å². The van der Waals surface area contributed by atoms with Gasteiger partial charge < -0.3 is 0 Å². The van der Waals surface area contributed by atoms with E-state index in [2.05, 4.69) is 28.8 Å². The molecule has 0 aliphatic carbocycles. The number of rotatable bonds is 0. The van der Waals surface area contributed by atoms with Crippen molar-refractivity contribution in [3.63, 3.8) is 0 Å². The quantitative estimate of drug-likeness (QED) is 0.431. The number of hydrogen-bond donors (Lipinski definition) is 0. The molecule has 0 radical (unpaired) electrons. The molecule has 1 unspecified atom stereocenters. The first-order valence-electron chi connectivity index (χ1n) is 3.40. The van der Waals surface area contributed by atoms with Crippen LogP contribution in [0.15, 0.2) is 0 Å². The Morgan fingerprint density at radius 2 is 2.00 bits per heavy atom. The van der Waals surface area contributed by atoms with Gasteiger partial charge in [-0.2, -0.15) is 0 Å². The van der Waals surface area contributed by atoms with Crippen molar-refractivity contribution in [1.29, 1.82) is 0 Å². The Kier molecular flexibility index (Phi) is 1.06. The Bertz CT molecular complexity index is 125. The van der Waals surface area contributed by atoms with E-state index in [9.17, 15) is 0 Å². The topological polar surface area (TPSA) is 9.72 Å². The maximum Gasteiger partial charge on any atom is 0.0783 e. The summed E-state index contributed by atoms with van der Waals surface area (Å²) in [6.07, 6.45) is 0.731. The van der Waals surface area contributed by atoms with Crippen LogP contribution in [-0.2, 0) is 0 Å². The molecule has 52 valence electrons. The summed E-state index contributed by atoms with van der Waals surface area (Å²) in [5, 5.41) is 0. The molecule has 9 heavy (non-hydrogen) atoms. The van der Waals surface area contributed by atoms with E-state index >= 15 is 0 Å². The van der Waals surface area contributed by atoms with Crippen molar-refractivity contribution in [2.45, 2.75) is 6.17 Å². The minimum Gasteiger partial charge on any atom is -0.291 e. The minimum atomic E-state index is 0.731. The van der Waals surface area contributed by atoms with E-state index in [0.717, 1.165) is 19.5 Å². The fraction of sp³-hybridized carbons (Fsp3) is 1.00. The Labute approximate surface area is 55.8 Å². The van der Waals surface area contributed by atoms with Gasteiger partial charge in [-0.25, -0.2) is 0 Å². The molecule has 2 aliphatic rings. The van der Waals surface area contributed by atoms with Gasteiger partial charge in [-0.3, -0.25) is 14.7 Å². The Morgan fingerprint density at radius 3 is 2.44 bits per heavy atom. The summed E-state index contributed by atoms with van der Waals surface area (Å²) in [5.41, 5.74) is 0. The monoisotopic (exact) mass is 127 g/mol. The van der Waals surface area contributed by atoms with Crippen molar-refractivity contribution in [3.8, 4) is 0 Å². The number of likely N-dealkylation sites (N-methyl/N-ethyl adjacent to an activating group) is 2. The summed E-state index contributed by atoms with van der Waals surface area (Å²) in [7, 11) is 4.35. The lowest BCUT2D eigenvalue weighted by Gasteiger charge is -2.43. The molecule has 0 aromatic carbocycles. The predicted molar refractivity (Wildman–Crippen MR) is 35.8 cm³/mol. The summed E-state index contributed by atoms with van der Waals surface area (Å²) in [6.45, 7) is 3.54. The molecule has 2 saturated heterocycles. The van der Waals surface area contributed by atoms with E-state index in [-0.39, 0.29) is 0 Å². The molecule has 2 heterocycles. The van der Waals surface area contributed by atoms with Gasteiger partial charge in [0.25, 0.3) is 0 Å². The molecule has 3 heteroatoms. The molecule has 2 fully saturated rings. The van der Waals surface area contributed by atoms with E-state index in [1.165, 1.54) is 6.54 Å². The Hall–Kier alpha value is -0.120. The largest absolute Gasteiger partial charge is 0.291 e. The van der Waals surface area contributed by atoms with Crippen LogP contribution in [0.5, 0.6) is 0 Å². The van der Waals surface area contributed by atoms with Gasteiger partial charge in [0.05, 0.1) is 19.5 Å². The fourth-order valence-electron chi connectivity index (χ4n) is 1.70. The average molecular weight is 127 g/mol. The van der Waals surface area contributed by atoms with Crippen molar-refractivity contribution < 1.29 is 0 Å². The fourth-order valence-corrected chi connectivity index (χ4v) is 1.70. The van der Waals surface area contributed by atoms with Crippen LogP contribution < -0.4 is 0 Å². The van der Waals surface area contributed by atoms with E-state index < -0.39 is 0 Å². The van der Waals surface area contributed by atoms with Crippen molar-refractivity contribution in [1.82, 2.24) is 14.7 Å². The summed E-state index contributed by atoms with van der Waals surface area (Å²) in [5.74, 6) is 0. The molecule has 2 aliphatic heterocycles. The number of fused-ring (bicyclic) bond motifs is 1. The third-order valence-corrected chi connectivity index (χ3v) is 2.23. The lowest BCUT2D eigenvalue weighted by molar-refractivity contribution is -0.0538. The highest BCUT2D eigenvalue weighted by Crippen LogP contribution is 2.22. The van der Waals surface area contributed by atoms with Gasteiger partial charge in [0.2, 0.25) is 0 Å². The first-order chi connectivity index (χ1) is 4.27. The van der Waals surface area contributed by atoms with Crippen LogP contribution in [0.2, 0.25) is 0 Å². The lowest BCUT2D eigenvalue weighted by atomic mass is 10.3. The van der Waals surface area contributed by atoms with Gasteiger partial charge in [0, 0.05) is 6.54 Å². The first-order valence-corrected chi connectivity index (χ1v) is 3.40. The normalized spacial score (nSPS) is 38.7. The van der Waals surface area contributed by atoms with Crippen molar-refractivity contribution >= 4 is 0 Å². The standard InChI is InChI=1S/C6H13N3/c1-7-3-6-8(2)5-9(6)4-7/h6H,3-5H2,1-2H3. The van der Waals surface area contributed by atoms with Gasteiger partial charge in [-0.05, 0) is 14.1 Å². The van der Waals surface area contributed by atoms with Crippen LogP contribution >= 0.6 is 0 Å². The van der Waals surface area contributed by atoms with E-state index in [0.29, 0.717) is 0 Å². The highest BCUT2D eigenvalue weighted by atomic mass is 15.6. The maximum atomic E-state index is 2.47. The lowest BCUT2D eigenvalue weighted by Crippen LogP contribution is -2.59. The molecule has 0 N–H and O–H groups in total. The van der Waals surface area contributed by atoms with Crippen LogP contribution in [0.4, 0.5) is 0 Å². The maximum absolute atomic E-state index is 2.47. The van der Waals surface area contributed by atoms with Gasteiger partial charge >= 0.3 is 0 Å². The molecule has 0 bridgehead atoms. The summed E-state index contributed by atoms with van der Waals surface area (Å²) in [6, 6.07) is 0. The highest BCUT2D eigenvalue weighted by Gasteiger charge is 2.39. The zero-order chi connectivity index (χ0) is 6.43. The zero-order valence-electron chi connectivity index (χ0n) is 6.04. The second-order valence-corrected chi connectivity index (χ2v) is 3.15. The molecule has 0 amide bonds. The van der Waals surface area contributed by atoms with Crippen molar-refractivity contribution in [2.24, 2.45) is 0 Å². The third-order valence-electron chi connectivity index (χ3n) is 2.23. The number of hydrogen-bond acceptors (Lipinski definition) is 3. The van der Waals surface area contributed by atoms with Gasteiger partial charge in [-0.1, -0.05) is 0 Å². The molecule has 1 atom stereocenters. The van der Waals surface area contributed by atoms with Crippen LogP contribution in [0.25, 0.3) is 0 Å². The molecule has 2 rings (SSSR count). The summed E-state index contributed by atoms with van der Waals surface area (Å²) >= 11 is 0. The van der Waals surface area contributed by atoms with Crippen molar-refractivity contribution in [2.75, 3.05) is 34.0 Å². The highest BCUT2D eigenvalue weighted by molar-refractivity contribution is 4.86. The van der Waals surface area contributed by atoms with E-state index in [1.54, 1.807) is 0 Å². The predicted octanol–water partition coefficient (Wildman–Crippen LogP) is -0.580. The molecule has 0 spiro atoms. The third kappa shape index (κ3) is 0.689. The molecular formula is C6H13N3. The van der Waals surface area contributed by atoms with Gasteiger partial charge in [0.15, 0.2) is 0 Å². The van der Waals surface area contributed by atoms with E-state index in [1.807, 2.05) is 0 Å². The molecule has 3 nitrogen and oxygen atoms in total. The number of nitrogens with zero attached hydrogens (tertiary/aromatic N) is 3. The Morgan fingerprint density at radius 1 is 1.22 bits per heavy atom. The summed E-state index contributed by atoms with van der Waals surface area (Å²) in [4.78, 5) is 7.21.